The summed E-state index contributed by atoms with van der Waals surface area (Å²) in [5.41, 5.74) is 8.67. The fourth-order valence-corrected chi connectivity index (χ4v) is 2.08. The van der Waals surface area contributed by atoms with E-state index in [1.165, 1.54) is 0 Å². The normalized spacial score (nSPS) is 10.2. The van der Waals surface area contributed by atoms with Crippen LogP contribution in [-0.4, -0.2) is 20.1 Å². The Kier molecular flexibility index (Phi) is 3.94. The number of nitrogens with zero attached hydrogens (tertiary/aromatic N) is 1. The largest absolute Gasteiger partial charge is 0.497 e. The third kappa shape index (κ3) is 2.59. The highest BCUT2D eigenvalue weighted by atomic mass is 16.5. The van der Waals surface area contributed by atoms with E-state index in [0.29, 0.717) is 17.0 Å². The Balaban J connectivity index is 2.39. The van der Waals surface area contributed by atoms with Gasteiger partial charge in [-0.05, 0) is 36.8 Å². The van der Waals surface area contributed by atoms with Crippen LogP contribution >= 0.6 is 0 Å². The van der Waals surface area contributed by atoms with Gasteiger partial charge in [-0.1, -0.05) is 18.2 Å². The molecule has 1 amide bonds. The molecule has 4 heteroatoms. The number of benzene rings is 2. The molecule has 0 atom stereocenters. The van der Waals surface area contributed by atoms with Gasteiger partial charge in [0.05, 0.1) is 12.7 Å². The average Bonchev–Trinajstić information content (AvgIpc) is 2.47. The molecule has 0 aliphatic carbocycles. The van der Waals surface area contributed by atoms with Crippen molar-refractivity contribution >= 4 is 17.3 Å². The molecule has 0 heterocycles. The van der Waals surface area contributed by atoms with Crippen LogP contribution in [0.1, 0.15) is 15.9 Å². The molecule has 0 aromatic heterocycles. The van der Waals surface area contributed by atoms with Crippen molar-refractivity contribution in [3.8, 4) is 5.75 Å². The average molecular weight is 270 g/mol. The van der Waals surface area contributed by atoms with Crippen LogP contribution in [0.4, 0.5) is 11.4 Å². The van der Waals surface area contributed by atoms with Crippen molar-refractivity contribution in [2.75, 3.05) is 24.8 Å². The molecule has 0 aliphatic heterocycles. The summed E-state index contributed by atoms with van der Waals surface area (Å²) in [6, 6.07) is 12.8. The number of rotatable bonds is 3. The molecule has 0 aliphatic rings. The van der Waals surface area contributed by atoms with Crippen molar-refractivity contribution in [1.29, 1.82) is 0 Å². The van der Waals surface area contributed by atoms with Crippen LogP contribution in [0, 0.1) is 6.92 Å². The summed E-state index contributed by atoms with van der Waals surface area (Å²) < 4.78 is 5.14. The molecule has 0 fully saturated rings. The number of anilines is 2. The molecule has 2 aromatic carbocycles. The maximum absolute atomic E-state index is 12.6. The van der Waals surface area contributed by atoms with Crippen molar-refractivity contribution in [2.45, 2.75) is 6.92 Å². The predicted octanol–water partition coefficient (Wildman–Crippen LogP) is 2.86. The van der Waals surface area contributed by atoms with E-state index in [-0.39, 0.29) is 5.91 Å². The van der Waals surface area contributed by atoms with E-state index in [1.54, 1.807) is 37.3 Å². The lowest BCUT2D eigenvalue weighted by atomic mass is 10.1. The zero-order chi connectivity index (χ0) is 14.7. The second-order valence-corrected chi connectivity index (χ2v) is 4.60. The Bertz CT molecular complexity index is 638. The smallest absolute Gasteiger partial charge is 0.260 e. The van der Waals surface area contributed by atoms with E-state index in [2.05, 4.69) is 0 Å². The molecule has 2 aromatic rings. The lowest BCUT2D eigenvalue weighted by Gasteiger charge is -2.20. The van der Waals surface area contributed by atoms with Crippen LogP contribution in [-0.2, 0) is 0 Å². The molecule has 4 nitrogen and oxygen atoms in total. The zero-order valence-electron chi connectivity index (χ0n) is 11.9. The van der Waals surface area contributed by atoms with Crippen LogP contribution in [0.2, 0.25) is 0 Å². The van der Waals surface area contributed by atoms with Gasteiger partial charge in [0.15, 0.2) is 0 Å². The molecule has 0 spiro atoms. The van der Waals surface area contributed by atoms with Gasteiger partial charge in [0.2, 0.25) is 0 Å². The number of hydrogen-bond acceptors (Lipinski definition) is 3. The molecule has 104 valence electrons. The number of carbonyl (C=O) groups excluding carboxylic acids is 1. The van der Waals surface area contributed by atoms with Gasteiger partial charge >= 0.3 is 0 Å². The standard InChI is InChI=1S/C16H18N2O2/c1-11-6-4-5-7-15(11)18(2)16(19)13-10-12(20-3)8-9-14(13)17/h4-10H,17H2,1-3H3. The summed E-state index contributed by atoms with van der Waals surface area (Å²) in [6.45, 7) is 1.97. The van der Waals surface area contributed by atoms with Crippen molar-refractivity contribution in [3.05, 3.63) is 53.6 Å². The molecule has 0 unspecified atom stereocenters. The second-order valence-electron chi connectivity index (χ2n) is 4.60. The molecule has 2 rings (SSSR count). The zero-order valence-corrected chi connectivity index (χ0v) is 11.9. The molecule has 0 bridgehead atoms. The molecule has 0 saturated heterocycles. The van der Waals surface area contributed by atoms with Gasteiger partial charge in [0.1, 0.15) is 5.75 Å². The Morgan fingerprint density at radius 1 is 1.20 bits per heavy atom. The van der Waals surface area contributed by atoms with Crippen molar-refractivity contribution in [3.63, 3.8) is 0 Å². The summed E-state index contributed by atoms with van der Waals surface area (Å²) in [7, 11) is 3.30. The number of para-hydroxylation sites is 1. The quantitative estimate of drug-likeness (QED) is 0.872. The molecule has 20 heavy (non-hydrogen) atoms. The van der Waals surface area contributed by atoms with Crippen molar-refractivity contribution in [1.82, 2.24) is 0 Å². The summed E-state index contributed by atoms with van der Waals surface area (Å²) in [4.78, 5) is 14.2. The van der Waals surface area contributed by atoms with Crippen molar-refractivity contribution < 1.29 is 9.53 Å². The first-order valence-corrected chi connectivity index (χ1v) is 6.31. The number of ether oxygens (including phenoxy) is 1. The number of nitrogen functional groups attached to an aromatic ring is 1. The fourth-order valence-electron chi connectivity index (χ4n) is 2.08. The molecule has 2 N–H and O–H groups in total. The van der Waals surface area contributed by atoms with Crippen LogP contribution in [0.25, 0.3) is 0 Å². The van der Waals surface area contributed by atoms with Crippen LogP contribution < -0.4 is 15.4 Å². The maximum atomic E-state index is 12.6. The van der Waals surface area contributed by atoms with Crippen LogP contribution in [0.5, 0.6) is 5.75 Å². The topological polar surface area (TPSA) is 55.6 Å². The highest BCUT2D eigenvalue weighted by Gasteiger charge is 2.18. The molecule has 0 radical (unpaired) electrons. The minimum Gasteiger partial charge on any atom is -0.497 e. The summed E-state index contributed by atoms with van der Waals surface area (Å²) in [5.74, 6) is 0.455. The number of amides is 1. The first-order chi connectivity index (χ1) is 9.54. The van der Waals surface area contributed by atoms with Crippen LogP contribution in [0.15, 0.2) is 42.5 Å². The Labute approximate surface area is 118 Å². The van der Waals surface area contributed by atoms with Gasteiger partial charge in [0.25, 0.3) is 5.91 Å². The monoisotopic (exact) mass is 270 g/mol. The van der Waals surface area contributed by atoms with Gasteiger partial charge in [-0.25, -0.2) is 0 Å². The van der Waals surface area contributed by atoms with Gasteiger partial charge in [-0.3, -0.25) is 4.79 Å². The maximum Gasteiger partial charge on any atom is 0.260 e. The summed E-state index contributed by atoms with van der Waals surface area (Å²) >= 11 is 0. The van der Waals surface area contributed by atoms with Crippen LogP contribution in [0.3, 0.4) is 0 Å². The highest BCUT2D eigenvalue weighted by molar-refractivity contribution is 6.09. The molecular formula is C16H18N2O2. The number of nitrogens with two attached hydrogens (primary N) is 1. The van der Waals surface area contributed by atoms with E-state index >= 15 is 0 Å². The number of carbonyl (C=O) groups is 1. The Morgan fingerprint density at radius 3 is 2.55 bits per heavy atom. The third-order valence-corrected chi connectivity index (χ3v) is 3.27. The summed E-state index contributed by atoms with van der Waals surface area (Å²) in [6.07, 6.45) is 0. The van der Waals surface area contributed by atoms with E-state index in [0.717, 1.165) is 11.3 Å². The summed E-state index contributed by atoms with van der Waals surface area (Å²) in [5, 5.41) is 0. The third-order valence-electron chi connectivity index (χ3n) is 3.27. The van der Waals surface area contributed by atoms with Gasteiger partial charge in [0, 0.05) is 18.4 Å². The number of hydrogen-bond donors (Lipinski definition) is 1. The predicted molar refractivity (Wildman–Crippen MR) is 81.3 cm³/mol. The van der Waals surface area contributed by atoms with E-state index in [9.17, 15) is 4.79 Å². The fraction of sp³-hybridized carbons (Fsp3) is 0.188. The minimum atomic E-state index is -0.157. The lowest BCUT2D eigenvalue weighted by molar-refractivity contribution is 0.0993. The highest BCUT2D eigenvalue weighted by Crippen LogP contribution is 2.24. The SMILES string of the molecule is COc1ccc(N)c(C(=O)N(C)c2ccccc2C)c1. The first-order valence-electron chi connectivity index (χ1n) is 6.31. The van der Waals surface area contributed by atoms with Crippen molar-refractivity contribution in [2.24, 2.45) is 0 Å². The van der Waals surface area contributed by atoms with Gasteiger partial charge in [-0.2, -0.15) is 0 Å². The number of methoxy groups -OCH3 is 1. The second kappa shape index (κ2) is 5.65. The van der Waals surface area contributed by atoms with E-state index in [1.807, 2.05) is 31.2 Å². The first kappa shape index (κ1) is 13.9. The lowest BCUT2D eigenvalue weighted by Crippen LogP contribution is -2.27. The van der Waals surface area contributed by atoms with Gasteiger partial charge in [-0.15, -0.1) is 0 Å². The van der Waals surface area contributed by atoms with E-state index < -0.39 is 0 Å². The minimum absolute atomic E-state index is 0.157. The Hall–Kier alpha value is -2.49. The number of aryl methyl sites for hydroxylation is 1. The molecular weight excluding hydrogens is 252 g/mol. The van der Waals surface area contributed by atoms with E-state index in [4.69, 9.17) is 10.5 Å². The molecule has 0 saturated carbocycles. The van der Waals surface area contributed by atoms with Gasteiger partial charge < -0.3 is 15.4 Å². The Morgan fingerprint density at radius 2 is 1.90 bits per heavy atom.